The van der Waals surface area contributed by atoms with Crippen LogP contribution < -0.4 is 15.6 Å². The fourth-order valence-electron chi connectivity index (χ4n) is 7.44. The molecule has 0 radical (unpaired) electrons. The zero-order valence-electron chi connectivity index (χ0n) is 26.4. The largest absolute Gasteiger partial charge is 0.493 e. The van der Waals surface area contributed by atoms with Gasteiger partial charge in [-0.15, -0.1) is 0 Å². The van der Waals surface area contributed by atoms with Crippen LogP contribution in [-0.4, -0.2) is 79.2 Å². The van der Waals surface area contributed by atoms with Crippen molar-refractivity contribution in [3.8, 4) is 5.75 Å². The minimum Gasteiger partial charge on any atom is -0.493 e. The summed E-state index contributed by atoms with van der Waals surface area (Å²) >= 11 is 0. The van der Waals surface area contributed by atoms with Crippen LogP contribution in [0.5, 0.6) is 5.75 Å². The normalized spacial score (nSPS) is 27.4. The van der Waals surface area contributed by atoms with Crippen molar-refractivity contribution in [1.29, 1.82) is 0 Å². The van der Waals surface area contributed by atoms with E-state index in [1.165, 1.54) is 22.4 Å². The smallest absolute Gasteiger partial charge is 0.374 e. The van der Waals surface area contributed by atoms with E-state index in [1.54, 1.807) is 6.26 Å². The number of hydrazine groups is 1. The highest BCUT2D eigenvalue weighted by molar-refractivity contribution is 5.88. The Balaban J connectivity index is 1.21. The highest BCUT2D eigenvalue weighted by Gasteiger charge is 2.48. The van der Waals surface area contributed by atoms with Crippen LogP contribution in [0.1, 0.15) is 39.0 Å². The zero-order chi connectivity index (χ0) is 31.5. The van der Waals surface area contributed by atoms with Gasteiger partial charge in [-0.25, -0.2) is 14.7 Å². The van der Waals surface area contributed by atoms with Gasteiger partial charge in [0.15, 0.2) is 5.76 Å². The molecule has 0 spiro atoms. The zero-order valence-corrected chi connectivity index (χ0v) is 26.4. The summed E-state index contributed by atoms with van der Waals surface area (Å²) in [4.78, 5) is 15.1. The molecule has 1 aliphatic carbocycles. The van der Waals surface area contributed by atoms with E-state index in [0.29, 0.717) is 30.5 Å². The summed E-state index contributed by atoms with van der Waals surface area (Å²) in [6.45, 7) is 7.39. The number of nitrogens with zero attached hydrogens (tertiary/aromatic N) is 2. The maximum atomic E-state index is 12.6. The summed E-state index contributed by atoms with van der Waals surface area (Å²) in [7, 11) is 0. The molecule has 4 heterocycles. The molecule has 0 bridgehead atoms. The van der Waals surface area contributed by atoms with Crippen molar-refractivity contribution < 1.29 is 33.3 Å². The van der Waals surface area contributed by atoms with Crippen LogP contribution in [0.4, 0.5) is 0 Å². The van der Waals surface area contributed by atoms with Crippen LogP contribution in [-0.2, 0) is 19.0 Å². The maximum absolute atomic E-state index is 12.6. The van der Waals surface area contributed by atoms with E-state index in [1.807, 2.05) is 30.3 Å². The first kappa shape index (κ1) is 30.6. The number of rotatable bonds is 8. The van der Waals surface area contributed by atoms with Gasteiger partial charge >= 0.3 is 5.97 Å². The average molecular weight is 628 g/mol. The van der Waals surface area contributed by atoms with Crippen molar-refractivity contribution in [2.24, 2.45) is 0 Å². The van der Waals surface area contributed by atoms with Gasteiger partial charge < -0.3 is 29.5 Å². The van der Waals surface area contributed by atoms with Crippen LogP contribution in [0.2, 0.25) is 0 Å². The Labute approximate surface area is 269 Å². The Kier molecular flexibility index (Phi) is 8.86. The number of quaternary nitrogens is 1. The van der Waals surface area contributed by atoms with Crippen molar-refractivity contribution in [2.45, 2.75) is 45.1 Å². The number of ether oxygens (including phenoxy) is 4. The number of carboxylic acids is 1. The Morgan fingerprint density at radius 2 is 1.96 bits per heavy atom. The number of aliphatic carboxylic acids is 1. The van der Waals surface area contributed by atoms with Gasteiger partial charge in [0.25, 0.3) is 0 Å². The molecule has 2 aromatic carbocycles. The number of morpholine rings is 1. The van der Waals surface area contributed by atoms with Gasteiger partial charge in [0.2, 0.25) is 5.76 Å². The molecule has 0 amide bonds. The molecule has 1 saturated heterocycles. The predicted molar refractivity (Wildman–Crippen MR) is 174 cm³/mol. The number of carbonyl (C=O) groups is 1. The second kappa shape index (κ2) is 13.3. The van der Waals surface area contributed by atoms with Gasteiger partial charge in [0.05, 0.1) is 25.5 Å². The number of hydrogen-bond donors (Lipinski definition) is 3. The number of nitrogens with one attached hydrogen (secondary N) is 2. The molecule has 2 atom stereocenters. The summed E-state index contributed by atoms with van der Waals surface area (Å²) in [5.74, 6) is -0.252. The lowest BCUT2D eigenvalue weighted by atomic mass is 9.87. The summed E-state index contributed by atoms with van der Waals surface area (Å²) in [5.41, 5.74) is 12.7. The Hall–Kier alpha value is -4.09. The van der Waals surface area contributed by atoms with Crippen LogP contribution >= 0.6 is 0 Å². The third-order valence-electron chi connectivity index (χ3n) is 9.72. The van der Waals surface area contributed by atoms with Crippen molar-refractivity contribution >= 4 is 16.7 Å². The first-order chi connectivity index (χ1) is 22.5. The first-order valence-corrected chi connectivity index (χ1v) is 16.4. The Morgan fingerprint density at radius 3 is 2.83 bits per heavy atom. The van der Waals surface area contributed by atoms with Crippen molar-refractivity contribution in [2.75, 3.05) is 52.7 Å². The molecule has 4 aliphatic heterocycles. The van der Waals surface area contributed by atoms with Gasteiger partial charge in [-0.05, 0) is 50.1 Å². The van der Waals surface area contributed by atoms with Gasteiger partial charge in [0.1, 0.15) is 43.2 Å². The number of allylic oxidation sites excluding steroid dienone is 2. The Morgan fingerprint density at radius 1 is 1.11 bits per heavy atom. The SMILES string of the molecule is CC1C=C2CCCC3=C2[N+]1(CN1CCOCC1)/C=C/O/C(CCCOc1cccc2ccccc12)=C(/C(=O)O)OCC1=C3CNN1. The fourth-order valence-corrected chi connectivity index (χ4v) is 7.44. The summed E-state index contributed by atoms with van der Waals surface area (Å²) < 4.78 is 24.8. The predicted octanol–water partition coefficient (Wildman–Crippen LogP) is 5.05. The summed E-state index contributed by atoms with van der Waals surface area (Å²) in [6.07, 6.45) is 10.2. The molecule has 0 aromatic heterocycles. The number of hydrogen-bond acceptors (Lipinski definition) is 8. The molecule has 46 heavy (non-hydrogen) atoms. The van der Waals surface area contributed by atoms with Gasteiger partial charge in [-0.1, -0.05) is 36.4 Å². The molecule has 2 unspecified atom stereocenters. The van der Waals surface area contributed by atoms with Gasteiger partial charge in [0, 0.05) is 48.2 Å². The third-order valence-corrected chi connectivity index (χ3v) is 9.72. The molecule has 3 N–H and O–H groups in total. The van der Waals surface area contributed by atoms with E-state index in [0.717, 1.165) is 74.5 Å². The lowest BCUT2D eigenvalue weighted by Gasteiger charge is -2.42. The van der Waals surface area contributed by atoms with Gasteiger partial charge in [-0.3, -0.25) is 4.90 Å². The van der Waals surface area contributed by atoms with E-state index in [4.69, 9.17) is 18.9 Å². The van der Waals surface area contributed by atoms with E-state index in [-0.39, 0.29) is 24.2 Å². The lowest BCUT2D eigenvalue weighted by Crippen LogP contribution is -2.55. The number of carboxylic acid groups (broad SMARTS) is 1. The second-order valence-electron chi connectivity index (χ2n) is 12.5. The minimum atomic E-state index is -1.16. The second-order valence-corrected chi connectivity index (χ2v) is 12.5. The first-order valence-electron chi connectivity index (χ1n) is 16.4. The van der Waals surface area contributed by atoms with Crippen molar-refractivity contribution in [3.05, 3.63) is 101 Å². The molecular formula is C36H43N4O6+. The highest BCUT2D eigenvalue weighted by atomic mass is 16.5. The topological polar surface area (TPSA) is 102 Å². The summed E-state index contributed by atoms with van der Waals surface area (Å²) in [6, 6.07) is 14.3. The molecule has 10 heteroatoms. The molecule has 1 fully saturated rings. The maximum Gasteiger partial charge on any atom is 0.374 e. The average Bonchev–Trinajstić information content (AvgIpc) is 3.64. The fraction of sp³-hybridized carbons (Fsp3) is 0.417. The van der Waals surface area contributed by atoms with Gasteiger partial charge in [-0.2, -0.15) is 0 Å². The monoisotopic (exact) mass is 627 g/mol. The van der Waals surface area contributed by atoms with Crippen LogP contribution in [0.15, 0.2) is 101 Å². The molecule has 5 aliphatic rings. The number of fused-ring (bicyclic) bond motifs is 2. The molecule has 242 valence electrons. The quantitative estimate of drug-likeness (QED) is 0.274. The van der Waals surface area contributed by atoms with Crippen LogP contribution in [0.3, 0.4) is 0 Å². The lowest BCUT2D eigenvalue weighted by molar-refractivity contribution is -0.863. The van der Waals surface area contributed by atoms with E-state index in [9.17, 15) is 9.90 Å². The molecule has 7 rings (SSSR count). The number of benzene rings is 2. The van der Waals surface area contributed by atoms with Crippen LogP contribution in [0.25, 0.3) is 10.8 Å². The molecule has 10 nitrogen and oxygen atoms in total. The Bertz CT molecular complexity index is 1650. The minimum absolute atomic E-state index is 0.0991. The molecule has 0 saturated carbocycles. The van der Waals surface area contributed by atoms with E-state index >= 15 is 0 Å². The standard InChI is InChI=1S/C36H42N4O6/c1-25-21-27-9-4-11-29-30-22-37-38-31(30)23-46-35(36(41)42)33(13-6-17-44-32-12-5-8-26-7-2-3-10-28(26)32)45-20-16-40(25,34(27)29)24-39-14-18-43-19-15-39/h2-3,5,7-8,10,12,16,20-21,25,37-38H,4,6,9,11,13-15,17-19,22-24H2,1H3/p+1/b20-16+,35-33-. The van der Waals surface area contributed by atoms with Crippen molar-refractivity contribution in [1.82, 2.24) is 15.8 Å². The van der Waals surface area contributed by atoms with E-state index in [2.05, 4.69) is 47.1 Å². The van der Waals surface area contributed by atoms with Crippen LogP contribution in [0, 0.1) is 0 Å². The summed E-state index contributed by atoms with van der Waals surface area (Å²) in [5, 5.41) is 12.5. The third kappa shape index (κ3) is 5.93. The van der Waals surface area contributed by atoms with E-state index < -0.39 is 5.97 Å². The van der Waals surface area contributed by atoms with Crippen molar-refractivity contribution in [3.63, 3.8) is 0 Å². The highest BCUT2D eigenvalue weighted by Crippen LogP contribution is 2.47. The molecule has 2 aromatic rings. The molecular weight excluding hydrogens is 584 g/mol.